The fraction of sp³-hybridized carbons (Fsp3) is 0.571. The smallest absolute Gasteiger partial charge is 0.0230 e. The molecule has 0 aliphatic carbocycles. The molecule has 0 aliphatic rings. The van der Waals surface area contributed by atoms with Crippen molar-refractivity contribution < 1.29 is 0 Å². The molecule has 1 aromatic carbocycles. The van der Waals surface area contributed by atoms with Gasteiger partial charge in [-0.25, -0.2) is 0 Å². The van der Waals surface area contributed by atoms with Crippen molar-refractivity contribution >= 4 is 0 Å². The topological polar surface area (TPSA) is 41.3 Å². The van der Waals surface area contributed by atoms with Gasteiger partial charge in [0.15, 0.2) is 0 Å². The summed E-state index contributed by atoms with van der Waals surface area (Å²) < 4.78 is 0. The minimum Gasteiger partial charge on any atom is -0.330 e. The highest BCUT2D eigenvalue weighted by molar-refractivity contribution is 5.14. The van der Waals surface area contributed by atoms with Crippen molar-refractivity contribution in [1.29, 1.82) is 0 Å². The van der Waals surface area contributed by atoms with Gasteiger partial charge in [0.2, 0.25) is 0 Å². The summed E-state index contributed by atoms with van der Waals surface area (Å²) in [4.78, 5) is 2.36. The van der Waals surface area contributed by atoms with E-state index in [0.29, 0.717) is 0 Å². The highest BCUT2D eigenvalue weighted by Crippen LogP contribution is 2.02. The summed E-state index contributed by atoms with van der Waals surface area (Å²) in [7, 11) is 2.17. The maximum Gasteiger partial charge on any atom is 0.0230 e. The van der Waals surface area contributed by atoms with Crippen LogP contribution >= 0.6 is 0 Å². The Morgan fingerprint density at radius 2 is 1.82 bits per heavy atom. The summed E-state index contributed by atoms with van der Waals surface area (Å²) in [5.74, 6) is 0. The Kier molecular flexibility index (Phi) is 7.63. The molecule has 1 aromatic rings. The lowest BCUT2D eigenvalue weighted by molar-refractivity contribution is 0.319. The van der Waals surface area contributed by atoms with Gasteiger partial charge in [-0.15, -0.1) is 0 Å². The van der Waals surface area contributed by atoms with Gasteiger partial charge in [-0.3, -0.25) is 0 Å². The van der Waals surface area contributed by atoms with Crippen molar-refractivity contribution in [3.8, 4) is 0 Å². The van der Waals surface area contributed by atoms with Crippen molar-refractivity contribution in [2.75, 3.05) is 33.2 Å². The fourth-order valence-corrected chi connectivity index (χ4v) is 1.80. The first kappa shape index (κ1) is 14.2. The summed E-state index contributed by atoms with van der Waals surface area (Å²) >= 11 is 0. The number of hydrogen-bond donors (Lipinski definition) is 2. The molecule has 0 saturated carbocycles. The molecule has 3 N–H and O–H groups in total. The van der Waals surface area contributed by atoms with Crippen LogP contribution in [0.3, 0.4) is 0 Å². The first-order valence-electron chi connectivity index (χ1n) is 6.46. The van der Waals surface area contributed by atoms with E-state index in [1.54, 1.807) is 0 Å². The normalized spacial score (nSPS) is 11.0. The molecule has 96 valence electrons. The highest BCUT2D eigenvalue weighted by Gasteiger charge is 1.99. The zero-order valence-electron chi connectivity index (χ0n) is 10.9. The third kappa shape index (κ3) is 7.10. The van der Waals surface area contributed by atoms with Crippen molar-refractivity contribution in [3.05, 3.63) is 35.9 Å². The van der Waals surface area contributed by atoms with Gasteiger partial charge < -0.3 is 16.0 Å². The molecule has 0 amide bonds. The van der Waals surface area contributed by atoms with E-state index in [0.717, 1.165) is 39.1 Å². The molecule has 0 fully saturated rings. The molecule has 0 radical (unpaired) electrons. The van der Waals surface area contributed by atoms with E-state index in [9.17, 15) is 0 Å². The molecule has 3 nitrogen and oxygen atoms in total. The largest absolute Gasteiger partial charge is 0.330 e. The highest BCUT2D eigenvalue weighted by atomic mass is 15.1. The van der Waals surface area contributed by atoms with Crippen LogP contribution in [0, 0.1) is 0 Å². The summed E-state index contributed by atoms with van der Waals surface area (Å²) in [6, 6.07) is 10.6. The second-order valence-electron chi connectivity index (χ2n) is 4.47. The second-order valence-corrected chi connectivity index (χ2v) is 4.47. The number of rotatable bonds is 9. The van der Waals surface area contributed by atoms with Gasteiger partial charge in [-0.1, -0.05) is 30.3 Å². The maximum atomic E-state index is 5.43. The zero-order valence-corrected chi connectivity index (χ0v) is 10.9. The zero-order chi connectivity index (χ0) is 12.3. The third-order valence-electron chi connectivity index (χ3n) is 2.75. The molecule has 0 aromatic heterocycles. The molecule has 0 heterocycles. The Labute approximate surface area is 105 Å². The Morgan fingerprint density at radius 1 is 1.12 bits per heavy atom. The Hall–Kier alpha value is -0.900. The van der Waals surface area contributed by atoms with Crippen LogP contribution in [0.15, 0.2) is 30.3 Å². The lowest BCUT2D eigenvalue weighted by Gasteiger charge is -2.16. The van der Waals surface area contributed by atoms with Gasteiger partial charge in [0.05, 0.1) is 0 Å². The van der Waals surface area contributed by atoms with Gasteiger partial charge in [0.25, 0.3) is 0 Å². The van der Waals surface area contributed by atoms with Gasteiger partial charge in [-0.2, -0.15) is 0 Å². The predicted octanol–water partition coefficient (Wildman–Crippen LogP) is 1.45. The monoisotopic (exact) mass is 235 g/mol. The van der Waals surface area contributed by atoms with Crippen LogP contribution in [0.1, 0.15) is 18.4 Å². The van der Waals surface area contributed by atoms with Gasteiger partial charge in [0, 0.05) is 6.54 Å². The van der Waals surface area contributed by atoms with Crippen molar-refractivity contribution in [1.82, 2.24) is 10.2 Å². The van der Waals surface area contributed by atoms with Crippen LogP contribution in [0.5, 0.6) is 0 Å². The number of nitrogens with zero attached hydrogens (tertiary/aromatic N) is 1. The van der Waals surface area contributed by atoms with Gasteiger partial charge in [0.1, 0.15) is 0 Å². The minimum absolute atomic E-state index is 0.779. The van der Waals surface area contributed by atoms with Crippen LogP contribution in [0.25, 0.3) is 0 Å². The first-order chi connectivity index (χ1) is 8.33. The molecule has 0 atom stereocenters. The SMILES string of the molecule is CN(CCCNCCCN)Cc1ccccc1. The lowest BCUT2D eigenvalue weighted by atomic mass is 10.2. The molecule has 0 saturated heterocycles. The van der Waals surface area contributed by atoms with E-state index >= 15 is 0 Å². The van der Waals surface area contributed by atoms with E-state index in [2.05, 4.69) is 47.6 Å². The molecule has 1 rings (SSSR count). The second kappa shape index (κ2) is 9.16. The van der Waals surface area contributed by atoms with E-state index in [1.165, 1.54) is 12.0 Å². The lowest BCUT2D eigenvalue weighted by Crippen LogP contribution is -2.25. The van der Waals surface area contributed by atoms with E-state index in [-0.39, 0.29) is 0 Å². The molecule has 0 bridgehead atoms. The van der Waals surface area contributed by atoms with E-state index in [1.807, 2.05) is 0 Å². The van der Waals surface area contributed by atoms with Gasteiger partial charge >= 0.3 is 0 Å². The number of nitrogens with two attached hydrogens (primary N) is 1. The Morgan fingerprint density at radius 3 is 2.53 bits per heavy atom. The Bertz CT molecular complexity index is 274. The van der Waals surface area contributed by atoms with Crippen molar-refractivity contribution in [2.45, 2.75) is 19.4 Å². The number of benzene rings is 1. The average Bonchev–Trinajstić information content (AvgIpc) is 2.35. The molecular formula is C14H25N3. The summed E-state index contributed by atoms with van der Waals surface area (Å²) in [6.45, 7) is 5.06. The maximum absolute atomic E-state index is 5.43. The molecule has 0 unspecified atom stereocenters. The third-order valence-corrected chi connectivity index (χ3v) is 2.75. The van der Waals surface area contributed by atoms with Crippen LogP contribution < -0.4 is 11.1 Å². The van der Waals surface area contributed by atoms with Crippen LogP contribution in [-0.4, -0.2) is 38.1 Å². The minimum atomic E-state index is 0.779. The number of hydrogen-bond acceptors (Lipinski definition) is 3. The fourth-order valence-electron chi connectivity index (χ4n) is 1.80. The summed E-state index contributed by atoms with van der Waals surface area (Å²) in [5.41, 5.74) is 6.81. The van der Waals surface area contributed by atoms with Crippen LogP contribution in [0.2, 0.25) is 0 Å². The summed E-state index contributed by atoms with van der Waals surface area (Å²) in [5, 5.41) is 3.40. The first-order valence-corrected chi connectivity index (χ1v) is 6.46. The quantitative estimate of drug-likeness (QED) is 0.637. The van der Waals surface area contributed by atoms with Crippen LogP contribution in [-0.2, 0) is 6.54 Å². The molecule has 3 heteroatoms. The van der Waals surface area contributed by atoms with Crippen LogP contribution in [0.4, 0.5) is 0 Å². The molecule has 17 heavy (non-hydrogen) atoms. The molecular weight excluding hydrogens is 210 g/mol. The van der Waals surface area contributed by atoms with E-state index in [4.69, 9.17) is 5.73 Å². The Balaban J connectivity index is 2.03. The van der Waals surface area contributed by atoms with Crippen molar-refractivity contribution in [2.24, 2.45) is 5.73 Å². The average molecular weight is 235 g/mol. The number of nitrogens with one attached hydrogen (secondary N) is 1. The summed E-state index contributed by atoms with van der Waals surface area (Å²) in [6.07, 6.45) is 2.26. The predicted molar refractivity (Wildman–Crippen MR) is 73.9 cm³/mol. The molecule has 0 spiro atoms. The van der Waals surface area contributed by atoms with E-state index < -0.39 is 0 Å². The van der Waals surface area contributed by atoms with Gasteiger partial charge in [-0.05, 0) is 51.6 Å². The van der Waals surface area contributed by atoms with Crippen molar-refractivity contribution in [3.63, 3.8) is 0 Å². The molecule has 0 aliphatic heterocycles. The standard InChI is InChI=1S/C14H25N3/c1-17(12-6-11-16-10-5-9-15)13-14-7-3-2-4-8-14/h2-4,7-8,16H,5-6,9-13,15H2,1H3.